The fraction of sp³-hybridized carbons (Fsp3) is 0.235. The minimum absolute atomic E-state index is 0.132. The molecule has 2 N–H and O–H groups in total. The first kappa shape index (κ1) is 13.5. The lowest BCUT2D eigenvalue weighted by atomic mass is 9.99. The van der Waals surface area contributed by atoms with Crippen molar-refractivity contribution in [3.63, 3.8) is 0 Å². The Labute approximate surface area is 114 Å². The van der Waals surface area contributed by atoms with Crippen molar-refractivity contribution >= 4 is 5.78 Å². The first-order valence-corrected chi connectivity index (χ1v) is 6.62. The standard InChI is InChI=1S/C17H19NO/c18-16(13-15-9-5-2-6-10-15)17(19)12-11-14-7-3-1-4-8-14/h1-10,16H,11-13,18H2/t16-/m0/s1. The molecule has 0 aliphatic carbocycles. The van der Waals surface area contributed by atoms with Crippen molar-refractivity contribution in [2.24, 2.45) is 5.73 Å². The molecule has 2 aromatic carbocycles. The summed E-state index contributed by atoms with van der Waals surface area (Å²) in [4.78, 5) is 12.0. The number of hydrogen-bond acceptors (Lipinski definition) is 2. The highest BCUT2D eigenvalue weighted by Crippen LogP contribution is 2.07. The van der Waals surface area contributed by atoms with Crippen molar-refractivity contribution in [1.82, 2.24) is 0 Å². The van der Waals surface area contributed by atoms with Gasteiger partial charge < -0.3 is 5.73 Å². The third-order valence-electron chi connectivity index (χ3n) is 3.21. The lowest BCUT2D eigenvalue weighted by molar-refractivity contribution is -0.120. The zero-order valence-electron chi connectivity index (χ0n) is 11.0. The average Bonchev–Trinajstić information content (AvgIpc) is 2.47. The van der Waals surface area contributed by atoms with Crippen LogP contribution >= 0.6 is 0 Å². The highest BCUT2D eigenvalue weighted by Gasteiger charge is 2.13. The maximum atomic E-state index is 12.0. The molecule has 0 amide bonds. The lowest BCUT2D eigenvalue weighted by Gasteiger charge is -2.10. The van der Waals surface area contributed by atoms with E-state index < -0.39 is 6.04 Å². The van der Waals surface area contributed by atoms with Crippen LogP contribution in [0.5, 0.6) is 0 Å². The molecular formula is C17H19NO. The van der Waals surface area contributed by atoms with E-state index in [4.69, 9.17) is 5.73 Å². The molecule has 0 aliphatic rings. The normalized spacial score (nSPS) is 12.1. The molecule has 0 heterocycles. The smallest absolute Gasteiger partial charge is 0.150 e. The predicted molar refractivity (Wildman–Crippen MR) is 77.9 cm³/mol. The maximum Gasteiger partial charge on any atom is 0.150 e. The number of carbonyl (C=O) groups is 1. The molecule has 0 radical (unpaired) electrons. The fourth-order valence-electron chi connectivity index (χ4n) is 2.08. The minimum Gasteiger partial charge on any atom is -0.321 e. The van der Waals surface area contributed by atoms with Crippen LogP contribution in [0.25, 0.3) is 0 Å². The van der Waals surface area contributed by atoms with E-state index in [1.807, 2.05) is 60.7 Å². The van der Waals surface area contributed by atoms with Crippen LogP contribution in [0.15, 0.2) is 60.7 Å². The van der Waals surface area contributed by atoms with E-state index in [1.165, 1.54) is 5.56 Å². The minimum atomic E-state index is -0.397. The van der Waals surface area contributed by atoms with Gasteiger partial charge in [-0.15, -0.1) is 0 Å². The van der Waals surface area contributed by atoms with Gasteiger partial charge in [0.15, 0.2) is 0 Å². The number of benzene rings is 2. The summed E-state index contributed by atoms with van der Waals surface area (Å²) >= 11 is 0. The van der Waals surface area contributed by atoms with Gasteiger partial charge in [-0.2, -0.15) is 0 Å². The second kappa shape index (κ2) is 6.86. The molecule has 1 atom stereocenters. The quantitative estimate of drug-likeness (QED) is 0.860. The highest BCUT2D eigenvalue weighted by molar-refractivity contribution is 5.84. The Balaban J connectivity index is 1.83. The van der Waals surface area contributed by atoms with Gasteiger partial charge in [-0.05, 0) is 24.0 Å². The molecule has 0 fully saturated rings. The van der Waals surface area contributed by atoms with Crippen LogP contribution in [-0.4, -0.2) is 11.8 Å². The molecule has 0 saturated carbocycles. The molecule has 0 aliphatic heterocycles. The first-order valence-electron chi connectivity index (χ1n) is 6.62. The van der Waals surface area contributed by atoms with Gasteiger partial charge in [-0.1, -0.05) is 60.7 Å². The molecule has 19 heavy (non-hydrogen) atoms. The summed E-state index contributed by atoms with van der Waals surface area (Å²) in [7, 11) is 0. The summed E-state index contributed by atoms with van der Waals surface area (Å²) in [6.45, 7) is 0. The zero-order valence-corrected chi connectivity index (χ0v) is 11.0. The Bertz CT molecular complexity index is 507. The molecule has 2 rings (SSSR count). The monoisotopic (exact) mass is 253 g/mol. The third-order valence-corrected chi connectivity index (χ3v) is 3.21. The molecule has 0 saturated heterocycles. The highest BCUT2D eigenvalue weighted by atomic mass is 16.1. The topological polar surface area (TPSA) is 43.1 Å². The Morgan fingerprint density at radius 2 is 1.42 bits per heavy atom. The van der Waals surface area contributed by atoms with Crippen LogP contribution in [0, 0.1) is 0 Å². The molecular weight excluding hydrogens is 234 g/mol. The Morgan fingerprint density at radius 3 is 2.00 bits per heavy atom. The summed E-state index contributed by atoms with van der Waals surface area (Å²) in [5.74, 6) is 0.132. The number of rotatable bonds is 6. The van der Waals surface area contributed by atoms with Crippen LogP contribution in [0.2, 0.25) is 0 Å². The van der Waals surface area contributed by atoms with Gasteiger partial charge in [0.25, 0.3) is 0 Å². The largest absolute Gasteiger partial charge is 0.321 e. The van der Waals surface area contributed by atoms with Gasteiger partial charge in [-0.25, -0.2) is 0 Å². The van der Waals surface area contributed by atoms with E-state index in [2.05, 4.69) is 0 Å². The van der Waals surface area contributed by atoms with Crippen molar-refractivity contribution in [3.05, 3.63) is 71.8 Å². The average molecular weight is 253 g/mol. The number of ketones is 1. The van der Waals surface area contributed by atoms with E-state index >= 15 is 0 Å². The van der Waals surface area contributed by atoms with Crippen molar-refractivity contribution in [2.75, 3.05) is 0 Å². The molecule has 2 heteroatoms. The van der Waals surface area contributed by atoms with Crippen LogP contribution < -0.4 is 5.73 Å². The zero-order chi connectivity index (χ0) is 13.5. The van der Waals surface area contributed by atoms with Gasteiger partial charge in [0.1, 0.15) is 5.78 Å². The van der Waals surface area contributed by atoms with E-state index in [9.17, 15) is 4.79 Å². The van der Waals surface area contributed by atoms with Crippen LogP contribution in [-0.2, 0) is 17.6 Å². The lowest BCUT2D eigenvalue weighted by Crippen LogP contribution is -2.32. The second-order valence-electron chi connectivity index (χ2n) is 4.75. The molecule has 0 aromatic heterocycles. The Hall–Kier alpha value is -1.93. The summed E-state index contributed by atoms with van der Waals surface area (Å²) in [5, 5.41) is 0. The van der Waals surface area contributed by atoms with Crippen molar-refractivity contribution in [3.8, 4) is 0 Å². The molecule has 2 nitrogen and oxygen atoms in total. The predicted octanol–water partition coefficient (Wildman–Crippen LogP) is 2.76. The number of nitrogens with two attached hydrogens (primary N) is 1. The molecule has 2 aromatic rings. The Morgan fingerprint density at radius 1 is 0.895 bits per heavy atom. The van der Waals surface area contributed by atoms with E-state index in [0.717, 1.165) is 12.0 Å². The number of Topliss-reactive ketones (excluding diaryl/α,β-unsaturated/α-hetero) is 1. The van der Waals surface area contributed by atoms with Gasteiger partial charge in [-0.3, -0.25) is 4.79 Å². The summed E-state index contributed by atoms with van der Waals surface area (Å²) < 4.78 is 0. The summed E-state index contributed by atoms with van der Waals surface area (Å²) in [6.07, 6.45) is 1.90. The van der Waals surface area contributed by atoms with Gasteiger partial charge in [0.05, 0.1) is 6.04 Å². The molecule has 0 spiro atoms. The molecule has 0 unspecified atom stereocenters. The maximum absolute atomic E-state index is 12.0. The third kappa shape index (κ3) is 4.34. The van der Waals surface area contributed by atoms with Crippen molar-refractivity contribution in [2.45, 2.75) is 25.3 Å². The van der Waals surface area contributed by atoms with Crippen LogP contribution in [0.3, 0.4) is 0 Å². The molecule has 0 bridgehead atoms. The SMILES string of the molecule is N[C@@H](Cc1ccccc1)C(=O)CCc1ccccc1. The number of hydrogen-bond donors (Lipinski definition) is 1. The summed E-state index contributed by atoms with van der Waals surface area (Å²) in [5.41, 5.74) is 8.26. The Kier molecular flexibility index (Phi) is 4.87. The van der Waals surface area contributed by atoms with Crippen LogP contribution in [0.1, 0.15) is 17.5 Å². The number of aryl methyl sites for hydroxylation is 1. The van der Waals surface area contributed by atoms with Crippen molar-refractivity contribution < 1.29 is 4.79 Å². The van der Waals surface area contributed by atoms with Gasteiger partial charge >= 0.3 is 0 Å². The summed E-state index contributed by atoms with van der Waals surface area (Å²) in [6, 6.07) is 19.5. The van der Waals surface area contributed by atoms with Crippen LogP contribution in [0.4, 0.5) is 0 Å². The van der Waals surface area contributed by atoms with E-state index in [1.54, 1.807) is 0 Å². The first-order chi connectivity index (χ1) is 9.25. The van der Waals surface area contributed by atoms with Gasteiger partial charge in [0.2, 0.25) is 0 Å². The fourth-order valence-corrected chi connectivity index (χ4v) is 2.08. The second-order valence-corrected chi connectivity index (χ2v) is 4.75. The number of carbonyl (C=O) groups excluding carboxylic acids is 1. The molecule has 98 valence electrons. The van der Waals surface area contributed by atoms with E-state index in [-0.39, 0.29) is 5.78 Å². The van der Waals surface area contributed by atoms with E-state index in [0.29, 0.717) is 12.8 Å². The van der Waals surface area contributed by atoms with Crippen molar-refractivity contribution in [1.29, 1.82) is 0 Å². The van der Waals surface area contributed by atoms with Gasteiger partial charge in [0, 0.05) is 6.42 Å².